The molecule has 0 saturated heterocycles. The van der Waals surface area contributed by atoms with Crippen LogP contribution in [0.3, 0.4) is 0 Å². The highest BCUT2D eigenvalue weighted by Gasteiger charge is 2.11. The lowest BCUT2D eigenvalue weighted by Gasteiger charge is -2.09. The standard InChI is InChI=1S/C14H13F2N/c1-8-3-4-10(12(15)5-8)11-6-9(2)14(17)7-13(11)16/h3-7H,17H2,1-2H3. The normalized spacial score (nSPS) is 10.6. The molecule has 17 heavy (non-hydrogen) atoms. The number of hydrogen-bond donors (Lipinski definition) is 1. The van der Waals surface area contributed by atoms with E-state index >= 15 is 0 Å². The Kier molecular flexibility index (Phi) is 2.84. The number of nitrogens with two attached hydrogens (primary N) is 1. The van der Waals surface area contributed by atoms with Crippen LogP contribution in [0.25, 0.3) is 11.1 Å². The zero-order valence-corrected chi connectivity index (χ0v) is 9.72. The summed E-state index contributed by atoms with van der Waals surface area (Å²) in [7, 11) is 0. The van der Waals surface area contributed by atoms with E-state index in [-0.39, 0.29) is 11.1 Å². The molecule has 2 aromatic carbocycles. The summed E-state index contributed by atoms with van der Waals surface area (Å²) in [5.41, 5.74) is 8.02. The maximum Gasteiger partial charge on any atom is 0.133 e. The third kappa shape index (κ3) is 2.13. The molecule has 0 unspecified atom stereocenters. The molecule has 2 N–H and O–H groups in total. The molecule has 0 aromatic heterocycles. The van der Waals surface area contributed by atoms with Gasteiger partial charge in [-0.15, -0.1) is 0 Å². The fourth-order valence-electron chi connectivity index (χ4n) is 1.74. The summed E-state index contributed by atoms with van der Waals surface area (Å²) in [4.78, 5) is 0. The second-order valence-electron chi connectivity index (χ2n) is 4.17. The van der Waals surface area contributed by atoms with Crippen molar-refractivity contribution < 1.29 is 8.78 Å². The Labute approximate surface area is 98.9 Å². The molecule has 0 amide bonds. The van der Waals surface area contributed by atoms with E-state index in [9.17, 15) is 8.78 Å². The van der Waals surface area contributed by atoms with Gasteiger partial charge in [-0.25, -0.2) is 8.78 Å². The first-order valence-electron chi connectivity index (χ1n) is 5.31. The van der Waals surface area contributed by atoms with Crippen LogP contribution < -0.4 is 5.73 Å². The molecule has 2 rings (SSSR count). The van der Waals surface area contributed by atoms with Crippen molar-refractivity contribution in [2.24, 2.45) is 0 Å². The van der Waals surface area contributed by atoms with Gasteiger partial charge in [0.1, 0.15) is 11.6 Å². The van der Waals surface area contributed by atoms with Gasteiger partial charge in [-0.2, -0.15) is 0 Å². The predicted octanol–water partition coefficient (Wildman–Crippen LogP) is 3.83. The Hall–Kier alpha value is -1.90. The summed E-state index contributed by atoms with van der Waals surface area (Å²) in [6.45, 7) is 3.56. The van der Waals surface area contributed by atoms with E-state index in [0.29, 0.717) is 5.69 Å². The lowest BCUT2D eigenvalue weighted by Crippen LogP contribution is -1.95. The molecule has 0 radical (unpaired) electrons. The van der Waals surface area contributed by atoms with E-state index in [2.05, 4.69) is 0 Å². The van der Waals surface area contributed by atoms with E-state index in [1.807, 2.05) is 0 Å². The monoisotopic (exact) mass is 233 g/mol. The van der Waals surface area contributed by atoms with Crippen molar-refractivity contribution in [1.29, 1.82) is 0 Å². The second-order valence-corrected chi connectivity index (χ2v) is 4.17. The Morgan fingerprint density at radius 1 is 0.882 bits per heavy atom. The number of rotatable bonds is 1. The highest BCUT2D eigenvalue weighted by molar-refractivity contribution is 5.69. The highest BCUT2D eigenvalue weighted by atomic mass is 19.1. The second kappa shape index (κ2) is 4.17. The SMILES string of the molecule is Cc1ccc(-c2cc(C)c(N)cc2F)c(F)c1. The first-order chi connectivity index (χ1) is 7.99. The number of halogens is 2. The fourth-order valence-corrected chi connectivity index (χ4v) is 1.74. The summed E-state index contributed by atoms with van der Waals surface area (Å²) in [5.74, 6) is -0.927. The van der Waals surface area contributed by atoms with Crippen molar-refractivity contribution >= 4 is 5.69 Å². The fraction of sp³-hybridized carbons (Fsp3) is 0.143. The molecule has 0 atom stereocenters. The van der Waals surface area contributed by atoms with Crippen molar-refractivity contribution in [1.82, 2.24) is 0 Å². The Morgan fingerprint density at radius 2 is 1.53 bits per heavy atom. The molecule has 1 nitrogen and oxygen atoms in total. The van der Waals surface area contributed by atoms with Gasteiger partial charge in [0, 0.05) is 16.8 Å². The zero-order valence-electron chi connectivity index (χ0n) is 9.72. The van der Waals surface area contributed by atoms with Crippen LogP contribution in [-0.4, -0.2) is 0 Å². The van der Waals surface area contributed by atoms with Crippen LogP contribution in [0.2, 0.25) is 0 Å². The zero-order chi connectivity index (χ0) is 12.6. The van der Waals surface area contributed by atoms with Crippen LogP contribution >= 0.6 is 0 Å². The maximum atomic E-state index is 13.8. The highest BCUT2D eigenvalue weighted by Crippen LogP contribution is 2.29. The van der Waals surface area contributed by atoms with Crippen LogP contribution in [0.4, 0.5) is 14.5 Å². The molecule has 0 saturated carbocycles. The van der Waals surface area contributed by atoms with Crippen LogP contribution in [0, 0.1) is 25.5 Å². The molecule has 0 aliphatic carbocycles. The molecular weight excluding hydrogens is 220 g/mol. The Bertz CT molecular complexity index is 577. The van der Waals surface area contributed by atoms with Gasteiger partial charge in [0.15, 0.2) is 0 Å². The minimum atomic E-state index is -0.504. The number of aryl methyl sites for hydroxylation is 2. The minimum absolute atomic E-state index is 0.245. The van der Waals surface area contributed by atoms with Gasteiger partial charge in [0.25, 0.3) is 0 Å². The largest absolute Gasteiger partial charge is 0.398 e. The minimum Gasteiger partial charge on any atom is -0.398 e. The summed E-state index contributed by atoms with van der Waals surface area (Å²) < 4.78 is 27.5. The molecular formula is C14H13F2N. The number of hydrogen-bond acceptors (Lipinski definition) is 1. The third-order valence-electron chi connectivity index (χ3n) is 2.77. The first kappa shape index (κ1) is 11.6. The maximum absolute atomic E-state index is 13.8. The summed E-state index contributed by atoms with van der Waals surface area (Å²) in [6.07, 6.45) is 0. The Morgan fingerprint density at radius 3 is 2.18 bits per heavy atom. The molecule has 0 fully saturated rings. The third-order valence-corrected chi connectivity index (χ3v) is 2.77. The van der Waals surface area contributed by atoms with E-state index < -0.39 is 11.6 Å². The average molecular weight is 233 g/mol. The lowest BCUT2D eigenvalue weighted by atomic mass is 10.00. The Balaban J connectivity index is 2.64. The molecule has 0 bridgehead atoms. The molecule has 2 aromatic rings. The van der Waals surface area contributed by atoms with Gasteiger partial charge in [-0.1, -0.05) is 12.1 Å². The smallest absolute Gasteiger partial charge is 0.133 e. The average Bonchev–Trinajstić information content (AvgIpc) is 2.24. The van der Waals surface area contributed by atoms with Crippen LogP contribution in [-0.2, 0) is 0 Å². The van der Waals surface area contributed by atoms with Crippen LogP contribution in [0.1, 0.15) is 11.1 Å². The van der Waals surface area contributed by atoms with Crippen molar-refractivity contribution in [2.45, 2.75) is 13.8 Å². The van der Waals surface area contributed by atoms with E-state index in [0.717, 1.165) is 11.1 Å². The van der Waals surface area contributed by atoms with Crippen LogP contribution in [0.5, 0.6) is 0 Å². The summed E-state index contributed by atoms with van der Waals surface area (Å²) in [6, 6.07) is 7.52. The van der Waals surface area contributed by atoms with Crippen molar-refractivity contribution in [3.8, 4) is 11.1 Å². The van der Waals surface area contributed by atoms with Gasteiger partial charge in [-0.3, -0.25) is 0 Å². The molecule has 88 valence electrons. The summed E-state index contributed by atoms with van der Waals surface area (Å²) in [5, 5.41) is 0. The number of nitrogen functional groups attached to an aromatic ring is 1. The van der Waals surface area contributed by atoms with Crippen molar-refractivity contribution in [2.75, 3.05) is 5.73 Å². The van der Waals surface area contributed by atoms with Crippen LogP contribution in [0.15, 0.2) is 30.3 Å². The first-order valence-corrected chi connectivity index (χ1v) is 5.31. The van der Waals surface area contributed by atoms with Crippen molar-refractivity contribution in [3.63, 3.8) is 0 Å². The molecule has 0 spiro atoms. The molecule has 0 aliphatic heterocycles. The predicted molar refractivity (Wildman–Crippen MR) is 65.7 cm³/mol. The molecule has 3 heteroatoms. The van der Waals surface area contributed by atoms with E-state index in [1.54, 1.807) is 32.0 Å². The number of anilines is 1. The topological polar surface area (TPSA) is 26.0 Å². The van der Waals surface area contributed by atoms with Gasteiger partial charge in [0.2, 0.25) is 0 Å². The van der Waals surface area contributed by atoms with Gasteiger partial charge in [-0.05, 0) is 43.2 Å². The van der Waals surface area contributed by atoms with Gasteiger partial charge < -0.3 is 5.73 Å². The molecule has 0 aliphatic rings. The quantitative estimate of drug-likeness (QED) is 0.744. The summed E-state index contributed by atoms with van der Waals surface area (Å²) >= 11 is 0. The van der Waals surface area contributed by atoms with Crippen molar-refractivity contribution in [3.05, 3.63) is 53.1 Å². The molecule has 0 heterocycles. The lowest BCUT2D eigenvalue weighted by molar-refractivity contribution is 0.616. The number of benzene rings is 2. The van der Waals surface area contributed by atoms with E-state index in [1.165, 1.54) is 12.1 Å². The van der Waals surface area contributed by atoms with E-state index in [4.69, 9.17) is 5.73 Å². The van der Waals surface area contributed by atoms with Gasteiger partial charge in [0.05, 0.1) is 0 Å². The van der Waals surface area contributed by atoms with Gasteiger partial charge >= 0.3 is 0 Å².